The molecule has 0 bridgehead atoms. The van der Waals surface area contributed by atoms with Gasteiger partial charge in [0.05, 0.1) is 18.9 Å². The summed E-state index contributed by atoms with van der Waals surface area (Å²) in [6, 6.07) is 10.1. The van der Waals surface area contributed by atoms with Gasteiger partial charge in [-0.25, -0.2) is 0 Å². The molecule has 1 aromatic carbocycles. The van der Waals surface area contributed by atoms with Crippen molar-refractivity contribution < 1.29 is 4.74 Å². The van der Waals surface area contributed by atoms with E-state index in [1.807, 2.05) is 44.3 Å². The van der Waals surface area contributed by atoms with Gasteiger partial charge in [0, 0.05) is 12.6 Å². The molecule has 0 unspecified atom stereocenters. The molecule has 0 fully saturated rings. The van der Waals surface area contributed by atoms with E-state index in [9.17, 15) is 0 Å². The predicted molar refractivity (Wildman–Crippen MR) is 67.9 cm³/mol. The molecule has 3 nitrogen and oxygen atoms in total. The van der Waals surface area contributed by atoms with E-state index in [4.69, 9.17) is 16.3 Å². The molecule has 90 valence electrons. The molecular formula is C13H15ClN2O. The average molecular weight is 251 g/mol. The van der Waals surface area contributed by atoms with E-state index in [1.54, 1.807) is 4.68 Å². The molecule has 0 saturated heterocycles. The lowest BCUT2D eigenvalue weighted by Crippen LogP contribution is -1.95. The molecular weight excluding hydrogens is 236 g/mol. The van der Waals surface area contributed by atoms with Gasteiger partial charge >= 0.3 is 0 Å². The van der Waals surface area contributed by atoms with Crippen molar-refractivity contribution in [1.29, 1.82) is 0 Å². The molecule has 0 spiro atoms. The van der Waals surface area contributed by atoms with Crippen LogP contribution in [0.15, 0.2) is 30.3 Å². The zero-order valence-corrected chi connectivity index (χ0v) is 10.7. The van der Waals surface area contributed by atoms with Crippen LogP contribution < -0.4 is 0 Å². The Morgan fingerprint density at radius 1 is 1.24 bits per heavy atom. The second-order valence-electron chi connectivity index (χ2n) is 3.96. The third-order valence-corrected chi connectivity index (χ3v) is 3.10. The van der Waals surface area contributed by atoms with Crippen molar-refractivity contribution >= 4 is 11.6 Å². The van der Waals surface area contributed by atoms with Gasteiger partial charge in [-0.15, -0.1) is 0 Å². The fourth-order valence-electron chi connectivity index (χ4n) is 1.68. The van der Waals surface area contributed by atoms with E-state index in [0.29, 0.717) is 18.4 Å². The second-order valence-corrected chi connectivity index (χ2v) is 4.31. The van der Waals surface area contributed by atoms with Crippen LogP contribution in [0.2, 0.25) is 5.15 Å². The van der Waals surface area contributed by atoms with Gasteiger partial charge in [-0.05, 0) is 12.5 Å². The average Bonchev–Trinajstić information content (AvgIpc) is 2.57. The molecule has 0 aliphatic rings. The lowest BCUT2D eigenvalue weighted by molar-refractivity contribution is 0.107. The summed E-state index contributed by atoms with van der Waals surface area (Å²) in [6.45, 7) is 3.02. The van der Waals surface area contributed by atoms with Gasteiger partial charge in [-0.1, -0.05) is 41.9 Å². The third-order valence-electron chi connectivity index (χ3n) is 2.63. The molecule has 17 heavy (non-hydrogen) atoms. The maximum Gasteiger partial charge on any atom is 0.132 e. The van der Waals surface area contributed by atoms with Crippen molar-refractivity contribution in [3.8, 4) is 0 Å². The number of nitrogens with zero attached hydrogens (tertiary/aromatic N) is 2. The molecule has 2 rings (SSSR count). The smallest absolute Gasteiger partial charge is 0.132 e. The van der Waals surface area contributed by atoms with E-state index in [0.717, 1.165) is 16.8 Å². The third kappa shape index (κ3) is 2.87. The van der Waals surface area contributed by atoms with E-state index < -0.39 is 0 Å². The molecule has 0 saturated carbocycles. The van der Waals surface area contributed by atoms with Gasteiger partial charge in [0.2, 0.25) is 0 Å². The van der Waals surface area contributed by atoms with Gasteiger partial charge in [-0.2, -0.15) is 5.10 Å². The maximum absolute atomic E-state index is 6.12. The summed E-state index contributed by atoms with van der Waals surface area (Å²) in [4.78, 5) is 0. The molecule has 1 heterocycles. The number of rotatable bonds is 4. The molecule has 1 aromatic heterocycles. The van der Waals surface area contributed by atoms with Crippen LogP contribution >= 0.6 is 11.6 Å². The van der Waals surface area contributed by atoms with E-state index in [2.05, 4.69) is 5.10 Å². The zero-order valence-electron chi connectivity index (χ0n) is 9.98. The van der Waals surface area contributed by atoms with E-state index >= 15 is 0 Å². The number of hydrogen-bond acceptors (Lipinski definition) is 2. The monoisotopic (exact) mass is 250 g/mol. The lowest BCUT2D eigenvalue weighted by atomic mass is 10.2. The Balaban J connectivity index is 1.95. The van der Waals surface area contributed by atoms with Crippen LogP contribution in [0.4, 0.5) is 0 Å². The fraction of sp³-hybridized carbons (Fsp3) is 0.308. The number of benzene rings is 1. The van der Waals surface area contributed by atoms with Crippen molar-refractivity contribution in [2.24, 2.45) is 7.05 Å². The molecule has 0 atom stereocenters. The summed E-state index contributed by atoms with van der Waals surface area (Å²) in [6.07, 6.45) is 0. The molecule has 0 amide bonds. The Labute approximate surface area is 106 Å². The Morgan fingerprint density at radius 3 is 2.53 bits per heavy atom. The van der Waals surface area contributed by atoms with Crippen molar-refractivity contribution in [3.05, 3.63) is 52.3 Å². The van der Waals surface area contributed by atoms with Crippen LogP contribution in [0.1, 0.15) is 16.8 Å². The Hall–Kier alpha value is -1.32. The molecule has 2 aromatic rings. The van der Waals surface area contributed by atoms with Gasteiger partial charge in [0.25, 0.3) is 0 Å². The van der Waals surface area contributed by atoms with E-state index in [1.165, 1.54) is 0 Å². The SMILES string of the molecule is Cc1nn(C)c(Cl)c1COCc1ccccc1. The summed E-state index contributed by atoms with van der Waals surface area (Å²) in [7, 11) is 1.83. The van der Waals surface area contributed by atoms with Crippen molar-refractivity contribution in [1.82, 2.24) is 9.78 Å². The Morgan fingerprint density at radius 2 is 1.94 bits per heavy atom. The summed E-state index contributed by atoms with van der Waals surface area (Å²) in [5.74, 6) is 0. The first-order chi connectivity index (χ1) is 8.18. The highest BCUT2D eigenvalue weighted by Gasteiger charge is 2.10. The van der Waals surface area contributed by atoms with Gasteiger partial charge in [-0.3, -0.25) is 4.68 Å². The summed E-state index contributed by atoms with van der Waals surface area (Å²) >= 11 is 6.12. The van der Waals surface area contributed by atoms with Crippen molar-refractivity contribution in [3.63, 3.8) is 0 Å². The summed E-state index contributed by atoms with van der Waals surface area (Å²) in [5.41, 5.74) is 3.04. The largest absolute Gasteiger partial charge is 0.372 e. The molecule has 0 aliphatic heterocycles. The topological polar surface area (TPSA) is 27.1 Å². The highest BCUT2D eigenvalue weighted by Crippen LogP contribution is 2.19. The fourth-order valence-corrected chi connectivity index (χ4v) is 1.91. The highest BCUT2D eigenvalue weighted by molar-refractivity contribution is 6.30. The minimum absolute atomic E-state index is 0.493. The lowest BCUT2D eigenvalue weighted by Gasteiger charge is -2.04. The van der Waals surface area contributed by atoms with Gasteiger partial charge < -0.3 is 4.74 Å². The van der Waals surface area contributed by atoms with Gasteiger partial charge in [0.1, 0.15) is 5.15 Å². The van der Waals surface area contributed by atoms with E-state index in [-0.39, 0.29) is 0 Å². The molecule has 0 radical (unpaired) electrons. The van der Waals surface area contributed by atoms with Crippen LogP contribution in [0.25, 0.3) is 0 Å². The number of aryl methyl sites for hydroxylation is 2. The van der Waals surface area contributed by atoms with Crippen LogP contribution in [0, 0.1) is 6.92 Å². The number of aromatic nitrogens is 2. The first kappa shape index (κ1) is 12.1. The Kier molecular flexibility index (Phi) is 3.82. The van der Waals surface area contributed by atoms with Crippen molar-refractivity contribution in [2.45, 2.75) is 20.1 Å². The van der Waals surface area contributed by atoms with Crippen LogP contribution in [0.3, 0.4) is 0 Å². The standard InChI is InChI=1S/C13H15ClN2O/c1-10-12(13(14)16(2)15-10)9-17-8-11-6-4-3-5-7-11/h3-7H,8-9H2,1-2H3. The highest BCUT2D eigenvalue weighted by atomic mass is 35.5. The molecule has 4 heteroatoms. The predicted octanol–water partition coefficient (Wildman–Crippen LogP) is 3.10. The maximum atomic E-state index is 6.12. The minimum Gasteiger partial charge on any atom is -0.372 e. The summed E-state index contributed by atoms with van der Waals surface area (Å²) in [5, 5.41) is 4.89. The first-order valence-electron chi connectivity index (χ1n) is 5.48. The van der Waals surface area contributed by atoms with Gasteiger partial charge in [0.15, 0.2) is 0 Å². The second kappa shape index (κ2) is 5.34. The summed E-state index contributed by atoms with van der Waals surface area (Å²) < 4.78 is 7.31. The van der Waals surface area contributed by atoms with Crippen LogP contribution in [-0.4, -0.2) is 9.78 Å². The quantitative estimate of drug-likeness (QED) is 0.834. The molecule has 0 N–H and O–H groups in total. The normalized spacial score (nSPS) is 10.8. The van der Waals surface area contributed by atoms with Crippen LogP contribution in [0.5, 0.6) is 0 Å². The first-order valence-corrected chi connectivity index (χ1v) is 5.86. The minimum atomic E-state index is 0.493. The number of ether oxygens (including phenoxy) is 1. The number of halogens is 1. The number of hydrogen-bond donors (Lipinski definition) is 0. The van der Waals surface area contributed by atoms with Crippen LogP contribution in [-0.2, 0) is 25.0 Å². The van der Waals surface area contributed by atoms with Crippen molar-refractivity contribution in [2.75, 3.05) is 0 Å². The zero-order chi connectivity index (χ0) is 12.3. The molecule has 0 aliphatic carbocycles. The Bertz CT molecular complexity index is 494.